The fourth-order valence-corrected chi connectivity index (χ4v) is 4.94. The lowest BCUT2D eigenvalue weighted by atomic mass is 10.1. The third-order valence-corrected chi connectivity index (χ3v) is 6.88. The Kier molecular flexibility index (Phi) is 5.86. The fourth-order valence-electron chi connectivity index (χ4n) is 4.22. The summed E-state index contributed by atoms with van der Waals surface area (Å²) in [6, 6.07) is 25.3. The smallest absolute Gasteiger partial charge is 0.258 e. The molecule has 2 heterocycles. The van der Waals surface area contributed by atoms with Crippen molar-refractivity contribution in [2.24, 2.45) is 0 Å². The van der Waals surface area contributed by atoms with Crippen molar-refractivity contribution in [3.63, 3.8) is 0 Å². The summed E-state index contributed by atoms with van der Waals surface area (Å²) in [7, 11) is 0. The van der Waals surface area contributed by atoms with E-state index < -0.39 is 11.9 Å². The zero-order valence-electron chi connectivity index (χ0n) is 20.1. The summed E-state index contributed by atoms with van der Waals surface area (Å²) < 4.78 is 12.2. The number of aromatic nitrogens is 1. The van der Waals surface area contributed by atoms with E-state index in [-0.39, 0.29) is 22.3 Å². The second-order valence-corrected chi connectivity index (χ2v) is 9.54. The number of carboxylic acid groups (broad SMARTS) is 1. The maximum absolute atomic E-state index is 13.3. The predicted octanol–water partition coefficient (Wildman–Crippen LogP) is 6.50. The van der Waals surface area contributed by atoms with Crippen molar-refractivity contribution >= 4 is 61.4 Å². The summed E-state index contributed by atoms with van der Waals surface area (Å²) in [6.07, 6.45) is 0. The molecular formula is C30H19N2O5S-. The van der Waals surface area contributed by atoms with Crippen LogP contribution in [0.5, 0.6) is 0 Å². The molecule has 6 aromatic rings. The molecule has 6 rings (SSSR count). The Labute approximate surface area is 220 Å². The number of rotatable bonds is 4. The van der Waals surface area contributed by atoms with Gasteiger partial charge in [0.1, 0.15) is 11.2 Å². The van der Waals surface area contributed by atoms with Gasteiger partial charge in [-0.3, -0.25) is 10.1 Å². The molecule has 0 radical (unpaired) electrons. The first kappa shape index (κ1) is 23.4. The Balaban J connectivity index is 1.47. The SMILES string of the molecule is Cc1ccc(-c2csc(NC(=O)c3cc4oc5ccccc5c5ccccc5oc4cc3C(=O)[O-])n2)cc1. The first-order chi connectivity index (χ1) is 18.5. The van der Waals surface area contributed by atoms with E-state index in [1.807, 2.05) is 73.0 Å². The number of nitrogens with one attached hydrogen (secondary N) is 1. The molecular weight excluding hydrogens is 500 g/mol. The van der Waals surface area contributed by atoms with E-state index in [4.69, 9.17) is 8.83 Å². The minimum absolute atomic E-state index is 0.134. The summed E-state index contributed by atoms with van der Waals surface area (Å²) in [5.41, 5.74) is 3.70. The van der Waals surface area contributed by atoms with Crippen molar-refractivity contribution < 1.29 is 23.5 Å². The lowest BCUT2D eigenvalue weighted by Crippen LogP contribution is -2.26. The number of carbonyl (C=O) groups excluding carboxylic acids is 2. The van der Waals surface area contributed by atoms with Crippen LogP contribution >= 0.6 is 11.3 Å². The Morgan fingerprint density at radius 2 is 1.37 bits per heavy atom. The molecule has 0 atom stereocenters. The highest BCUT2D eigenvalue weighted by atomic mass is 32.1. The molecule has 0 aliphatic carbocycles. The van der Waals surface area contributed by atoms with Crippen molar-refractivity contribution in [1.29, 1.82) is 0 Å². The number of fused-ring (bicyclic) bond motifs is 4. The molecule has 1 amide bonds. The number of benzene rings is 4. The highest BCUT2D eigenvalue weighted by Crippen LogP contribution is 2.30. The number of carboxylic acids is 1. The number of aryl methyl sites for hydroxylation is 1. The number of hydrogen-bond acceptors (Lipinski definition) is 7. The molecule has 0 fully saturated rings. The topological polar surface area (TPSA) is 108 Å². The number of carbonyl (C=O) groups is 2. The fraction of sp³-hybridized carbons (Fsp3) is 0.0333. The Bertz CT molecular complexity index is 1910. The molecule has 0 spiro atoms. The molecule has 0 bridgehead atoms. The van der Waals surface area contributed by atoms with E-state index >= 15 is 0 Å². The zero-order valence-corrected chi connectivity index (χ0v) is 20.9. The van der Waals surface area contributed by atoms with Crippen LogP contribution in [-0.2, 0) is 0 Å². The van der Waals surface area contributed by atoms with E-state index in [1.165, 1.54) is 23.5 Å². The normalized spacial score (nSPS) is 11.1. The van der Waals surface area contributed by atoms with Crippen LogP contribution in [0, 0.1) is 6.92 Å². The van der Waals surface area contributed by atoms with Gasteiger partial charge < -0.3 is 18.7 Å². The van der Waals surface area contributed by atoms with Gasteiger partial charge in [-0.25, -0.2) is 4.98 Å². The van der Waals surface area contributed by atoms with Gasteiger partial charge >= 0.3 is 0 Å². The van der Waals surface area contributed by atoms with Gasteiger partial charge in [0.2, 0.25) is 0 Å². The number of aromatic carboxylic acids is 1. The molecule has 186 valence electrons. The van der Waals surface area contributed by atoms with Gasteiger partial charge in [-0.15, -0.1) is 11.3 Å². The molecule has 0 aliphatic heterocycles. The maximum Gasteiger partial charge on any atom is 0.258 e. The number of anilines is 1. The average molecular weight is 520 g/mol. The molecule has 0 saturated carbocycles. The first-order valence-corrected chi connectivity index (χ1v) is 12.6. The Morgan fingerprint density at radius 1 is 0.789 bits per heavy atom. The van der Waals surface area contributed by atoms with Crippen LogP contribution in [0.25, 0.3) is 44.4 Å². The van der Waals surface area contributed by atoms with E-state index in [0.717, 1.165) is 21.9 Å². The number of thiazole rings is 1. The zero-order chi connectivity index (χ0) is 26.2. The second-order valence-electron chi connectivity index (χ2n) is 8.69. The van der Waals surface area contributed by atoms with Gasteiger partial charge in [0.05, 0.1) is 17.2 Å². The lowest BCUT2D eigenvalue weighted by molar-refractivity contribution is -0.255. The largest absolute Gasteiger partial charge is 0.545 e. The van der Waals surface area contributed by atoms with Gasteiger partial charge in [0.25, 0.3) is 5.91 Å². The standard InChI is InChI=1S/C30H20N2O5S/c1-17-10-12-18(13-11-17)23-16-38-30(31-23)32-28(33)21-14-26-27(15-22(21)29(34)35)37-25-9-5-3-7-20(25)19-6-2-4-8-24(19)36-26/h2-16H,1H3,(H,34,35)(H,31,32,33)/p-1. The van der Waals surface area contributed by atoms with Gasteiger partial charge in [-0.2, -0.15) is 0 Å². The third kappa shape index (κ3) is 4.38. The molecule has 2 aromatic heterocycles. The van der Waals surface area contributed by atoms with Crippen LogP contribution < -0.4 is 10.4 Å². The van der Waals surface area contributed by atoms with E-state index in [9.17, 15) is 14.7 Å². The summed E-state index contributed by atoms with van der Waals surface area (Å²) in [4.78, 5) is 29.8. The number of hydrogen-bond donors (Lipinski definition) is 1. The van der Waals surface area contributed by atoms with Gasteiger partial charge in [0.15, 0.2) is 16.3 Å². The molecule has 4 aromatic carbocycles. The number of para-hydroxylation sites is 2. The van der Waals surface area contributed by atoms with Crippen LogP contribution in [0.1, 0.15) is 26.3 Å². The molecule has 7 nitrogen and oxygen atoms in total. The minimum Gasteiger partial charge on any atom is -0.545 e. The average Bonchev–Trinajstić information content (AvgIpc) is 3.37. The third-order valence-electron chi connectivity index (χ3n) is 6.12. The Hall–Kier alpha value is -4.95. The maximum atomic E-state index is 13.3. The Morgan fingerprint density at radius 3 is 1.97 bits per heavy atom. The molecule has 0 unspecified atom stereocenters. The monoisotopic (exact) mass is 519 g/mol. The van der Waals surface area contributed by atoms with E-state index in [2.05, 4.69) is 10.3 Å². The van der Waals surface area contributed by atoms with Crippen LogP contribution in [0.2, 0.25) is 0 Å². The summed E-state index contributed by atoms with van der Waals surface area (Å²) >= 11 is 1.24. The van der Waals surface area contributed by atoms with Gasteiger partial charge in [0, 0.05) is 27.3 Å². The van der Waals surface area contributed by atoms with Crippen LogP contribution in [0.15, 0.2) is 99.1 Å². The lowest BCUT2D eigenvalue weighted by Gasteiger charge is -2.11. The van der Waals surface area contributed by atoms with Crippen LogP contribution in [0.3, 0.4) is 0 Å². The summed E-state index contributed by atoms with van der Waals surface area (Å²) in [5, 5.41) is 18.5. The molecule has 1 N–H and O–H groups in total. The second kappa shape index (κ2) is 9.49. The molecule has 8 heteroatoms. The van der Waals surface area contributed by atoms with Crippen molar-refractivity contribution in [1.82, 2.24) is 4.98 Å². The quantitative estimate of drug-likeness (QED) is 0.285. The number of amides is 1. The van der Waals surface area contributed by atoms with Crippen molar-refractivity contribution in [3.05, 3.63) is 107 Å². The molecule has 0 saturated heterocycles. The van der Waals surface area contributed by atoms with Crippen LogP contribution in [-0.4, -0.2) is 16.9 Å². The minimum atomic E-state index is -1.52. The van der Waals surface area contributed by atoms with Gasteiger partial charge in [-0.1, -0.05) is 66.2 Å². The summed E-state index contributed by atoms with van der Waals surface area (Å²) in [6.45, 7) is 2.00. The van der Waals surface area contributed by atoms with E-state index in [1.54, 1.807) is 12.1 Å². The van der Waals surface area contributed by atoms with Crippen molar-refractivity contribution in [3.8, 4) is 11.3 Å². The van der Waals surface area contributed by atoms with Crippen molar-refractivity contribution in [2.75, 3.05) is 5.32 Å². The molecule has 38 heavy (non-hydrogen) atoms. The number of nitrogens with zero attached hydrogens (tertiary/aromatic N) is 1. The first-order valence-electron chi connectivity index (χ1n) is 11.7. The van der Waals surface area contributed by atoms with Gasteiger partial charge in [-0.05, 0) is 31.2 Å². The predicted molar refractivity (Wildman–Crippen MR) is 146 cm³/mol. The summed E-state index contributed by atoms with van der Waals surface area (Å²) in [5.74, 6) is -2.17. The molecule has 0 aliphatic rings. The van der Waals surface area contributed by atoms with E-state index in [0.29, 0.717) is 22.0 Å². The van der Waals surface area contributed by atoms with Crippen LogP contribution in [0.4, 0.5) is 5.13 Å². The van der Waals surface area contributed by atoms with Crippen molar-refractivity contribution in [2.45, 2.75) is 6.92 Å². The highest BCUT2D eigenvalue weighted by molar-refractivity contribution is 7.14. The highest BCUT2D eigenvalue weighted by Gasteiger charge is 2.18.